The molecule has 0 aliphatic heterocycles. The Morgan fingerprint density at radius 3 is 3.07 bits per heavy atom. The Kier molecular flexibility index (Phi) is 4.00. The van der Waals surface area contributed by atoms with Gasteiger partial charge in [0.25, 0.3) is 0 Å². The molecule has 0 spiro atoms. The lowest BCUT2D eigenvalue weighted by molar-refractivity contribution is -0.140. The highest BCUT2D eigenvalue weighted by Gasteiger charge is 2.12. The molecule has 1 unspecified atom stereocenters. The van der Waals surface area contributed by atoms with Gasteiger partial charge in [-0.3, -0.25) is 4.79 Å². The molecule has 1 aromatic rings. The highest BCUT2D eigenvalue weighted by molar-refractivity contribution is 7.99. The van der Waals surface area contributed by atoms with E-state index in [1.54, 1.807) is 13.1 Å². The summed E-state index contributed by atoms with van der Waals surface area (Å²) in [6.07, 6.45) is 3.63. The van der Waals surface area contributed by atoms with Gasteiger partial charge in [0, 0.05) is 24.7 Å². The Bertz CT molecular complexity index is 312. The molecule has 1 N–H and O–H groups in total. The van der Waals surface area contributed by atoms with Crippen molar-refractivity contribution in [3.63, 3.8) is 0 Å². The molecule has 1 aromatic heterocycles. The molecule has 0 amide bonds. The van der Waals surface area contributed by atoms with Crippen LogP contribution in [0, 0.1) is 5.92 Å². The summed E-state index contributed by atoms with van der Waals surface area (Å²) in [6.45, 7) is 4.60. The van der Waals surface area contributed by atoms with Gasteiger partial charge in [0.2, 0.25) is 0 Å². The molecule has 0 aliphatic rings. The SMILES string of the molecule is CCn1ccnc1SCC(C)C(=O)O. The number of hydrogen-bond acceptors (Lipinski definition) is 3. The summed E-state index contributed by atoms with van der Waals surface area (Å²) >= 11 is 1.49. The van der Waals surface area contributed by atoms with E-state index < -0.39 is 5.97 Å². The molecule has 1 atom stereocenters. The second kappa shape index (κ2) is 5.05. The summed E-state index contributed by atoms with van der Waals surface area (Å²) in [5.74, 6) is -0.527. The highest BCUT2D eigenvalue weighted by atomic mass is 32.2. The Morgan fingerprint density at radius 2 is 2.50 bits per heavy atom. The van der Waals surface area contributed by atoms with E-state index in [1.807, 2.05) is 17.7 Å². The summed E-state index contributed by atoms with van der Waals surface area (Å²) in [4.78, 5) is 14.7. The summed E-state index contributed by atoms with van der Waals surface area (Å²) in [5, 5.41) is 9.59. The van der Waals surface area contributed by atoms with Crippen LogP contribution in [0.25, 0.3) is 0 Å². The van der Waals surface area contributed by atoms with E-state index in [4.69, 9.17) is 5.11 Å². The Hall–Kier alpha value is -0.970. The first-order valence-electron chi connectivity index (χ1n) is 4.52. The topological polar surface area (TPSA) is 55.1 Å². The number of aryl methyl sites for hydroxylation is 1. The molecule has 1 rings (SSSR count). The Balaban J connectivity index is 2.49. The van der Waals surface area contributed by atoms with Crippen molar-refractivity contribution in [1.29, 1.82) is 0 Å². The lowest BCUT2D eigenvalue weighted by Gasteiger charge is -2.06. The van der Waals surface area contributed by atoms with E-state index in [1.165, 1.54) is 11.8 Å². The number of rotatable bonds is 5. The predicted octanol–water partition coefficient (Wildman–Crippen LogP) is 1.72. The molecule has 4 nitrogen and oxygen atoms in total. The van der Waals surface area contributed by atoms with Crippen molar-refractivity contribution in [2.24, 2.45) is 5.92 Å². The molecule has 0 aliphatic carbocycles. The van der Waals surface area contributed by atoms with Crippen molar-refractivity contribution in [2.75, 3.05) is 5.75 Å². The number of carbonyl (C=O) groups is 1. The van der Waals surface area contributed by atoms with Gasteiger partial charge < -0.3 is 9.67 Å². The number of carboxylic acids is 1. The minimum Gasteiger partial charge on any atom is -0.481 e. The molecule has 78 valence electrons. The first-order chi connectivity index (χ1) is 6.65. The zero-order chi connectivity index (χ0) is 10.6. The highest BCUT2D eigenvalue weighted by Crippen LogP contribution is 2.18. The lowest BCUT2D eigenvalue weighted by atomic mass is 10.2. The van der Waals surface area contributed by atoms with Crippen LogP contribution in [0.4, 0.5) is 0 Å². The zero-order valence-corrected chi connectivity index (χ0v) is 9.12. The maximum atomic E-state index is 10.6. The Labute approximate surface area is 87.3 Å². The number of aromatic nitrogens is 2. The molecule has 0 fully saturated rings. The average Bonchev–Trinajstić information content (AvgIpc) is 2.60. The van der Waals surface area contributed by atoms with Crippen molar-refractivity contribution < 1.29 is 9.90 Å². The average molecular weight is 214 g/mol. The lowest BCUT2D eigenvalue weighted by Crippen LogP contribution is -2.12. The van der Waals surface area contributed by atoms with Crippen LogP contribution in [0.2, 0.25) is 0 Å². The van der Waals surface area contributed by atoms with Crippen LogP contribution in [0.1, 0.15) is 13.8 Å². The van der Waals surface area contributed by atoms with Crippen molar-refractivity contribution in [3.8, 4) is 0 Å². The van der Waals surface area contributed by atoms with E-state index in [2.05, 4.69) is 4.98 Å². The number of hydrogen-bond donors (Lipinski definition) is 1. The molecule has 0 bridgehead atoms. The van der Waals surface area contributed by atoms with Crippen LogP contribution in [0.5, 0.6) is 0 Å². The number of aliphatic carboxylic acids is 1. The van der Waals surface area contributed by atoms with E-state index in [9.17, 15) is 4.79 Å². The predicted molar refractivity (Wildman–Crippen MR) is 55.4 cm³/mol. The maximum absolute atomic E-state index is 10.6. The van der Waals surface area contributed by atoms with Gasteiger partial charge in [0.05, 0.1) is 5.92 Å². The first-order valence-corrected chi connectivity index (χ1v) is 5.50. The molecular formula is C9H14N2O2S. The minimum atomic E-state index is -0.757. The van der Waals surface area contributed by atoms with Crippen molar-refractivity contribution in [2.45, 2.75) is 25.5 Å². The molecule has 5 heteroatoms. The minimum absolute atomic E-state index is 0.331. The van der Waals surface area contributed by atoms with Crippen LogP contribution in [0.3, 0.4) is 0 Å². The quantitative estimate of drug-likeness (QED) is 0.758. The monoisotopic (exact) mass is 214 g/mol. The van der Waals surface area contributed by atoms with E-state index in [0.717, 1.165) is 11.7 Å². The van der Waals surface area contributed by atoms with Gasteiger partial charge in [0.15, 0.2) is 5.16 Å². The largest absolute Gasteiger partial charge is 0.481 e. The number of imidazole rings is 1. The fraction of sp³-hybridized carbons (Fsp3) is 0.556. The molecule has 0 saturated heterocycles. The van der Waals surface area contributed by atoms with Gasteiger partial charge in [-0.05, 0) is 6.92 Å². The molecule has 0 saturated carbocycles. The third-order valence-corrected chi connectivity index (χ3v) is 3.17. The van der Waals surface area contributed by atoms with Gasteiger partial charge in [0.1, 0.15) is 0 Å². The van der Waals surface area contributed by atoms with E-state index in [-0.39, 0.29) is 5.92 Å². The fourth-order valence-electron chi connectivity index (χ4n) is 0.947. The number of carboxylic acid groups (broad SMARTS) is 1. The molecule has 14 heavy (non-hydrogen) atoms. The smallest absolute Gasteiger partial charge is 0.307 e. The van der Waals surface area contributed by atoms with Crippen molar-refractivity contribution >= 4 is 17.7 Å². The van der Waals surface area contributed by atoms with Crippen LogP contribution in [0.15, 0.2) is 17.6 Å². The second-order valence-electron chi connectivity index (χ2n) is 3.05. The van der Waals surface area contributed by atoms with Crippen LogP contribution < -0.4 is 0 Å². The van der Waals surface area contributed by atoms with Gasteiger partial charge >= 0.3 is 5.97 Å². The van der Waals surface area contributed by atoms with Crippen LogP contribution in [-0.4, -0.2) is 26.4 Å². The summed E-state index contributed by atoms with van der Waals surface area (Å²) in [6, 6.07) is 0. The Morgan fingerprint density at radius 1 is 1.79 bits per heavy atom. The van der Waals surface area contributed by atoms with E-state index in [0.29, 0.717) is 5.75 Å². The van der Waals surface area contributed by atoms with Crippen LogP contribution in [-0.2, 0) is 11.3 Å². The molecular weight excluding hydrogens is 200 g/mol. The second-order valence-corrected chi connectivity index (χ2v) is 4.03. The van der Waals surface area contributed by atoms with Gasteiger partial charge in [-0.25, -0.2) is 4.98 Å². The first kappa shape index (κ1) is 11.1. The van der Waals surface area contributed by atoms with Crippen LogP contribution >= 0.6 is 11.8 Å². The molecule has 0 aromatic carbocycles. The standard InChI is InChI=1S/C9H14N2O2S/c1-3-11-5-4-10-9(11)14-6-7(2)8(12)13/h4-5,7H,3,6H2,1-2H3,(H,12,13). The normalized spacial score (nSPS) is 12.7. The third-order valence-electron chi connectivity index (χ3n) is 1.90. The fourth-order valence-corrected chi connectivity index (χ4v) is 1.98. The summed E-state index contributed by atoms with van der Waals surface area (Å²) in [5.41, 5.74) is 0. The number of nitrogens with zero attached hydrogens (tertiary/aromatic N) is 2. The van der Waals surface area contributed by atoms with Crippen molar-refractivity contribution in [1.82, 2.24) is 9.55 Å². The summed E-state index contributed by atoms with van der Waals surface area (Å²) < 4.78 is 2.00. The van der Waals surface area contributed by atoms with Gasteiger partial charge in [-0.2, -0.15) is 0 Å². The molecule has 1 heterocycles. The van der Waals surface area contributed by atoms with Gasteiger partial charge in [-0.15, -0.1) is 0 Å². The van der Waals surface area contributed by atoms with Gasteiger partial charge in [-0.1, -0.05) is 18.7 Å². The molecule has 0 radical (unpaired) electrons. The van der Waals surface area contributed by atoms with Crippen molar-refractivity contribution in [3.05, 3.63) is 12.4 Å². The third kappa shape index (κ3) is 2.77. The zero-order valence-electron chi connectivity index (χ0n) is 8.30. The maximum Gasteiger partial charge on any atom is 0.307 e. The summed E-state index contributed by atoms with van der Waals surface area (Å²) in [7, 11) is 0. The number of thioether (sulfide) groups is 1. The van der Waals surface area contributed by atoms with E-state index >= 15 is 0 Å².